The summed E-state index contributed by atoms with van der Waals surface area (Å²) in [5, 5.41) is 5.60. The Balaban J connectivity index is 1.48. The van der Waals surface area contributed by atoms with Gasteiger partial charge in [-0.3, -0.25) is 9.36 Å². The Morgan fingerprint density at radius 1 is 1.35 bits per heavy atom. The standard InChI is InChI=1S/C22H23N3O4S2/c1-3-16-13(2)31-20-19(16)21(26)25(11-15-6-4-8-27-15)22(23-20)30-12-14-10-18(29-24-14)17-7-5-9-28-17/h5,7,9-10,15H,3-4,6,8,11-12H2,1-2H3/t15-/m0/s1. The van der Waals surface area contributed by atoms with Gasteiger partial charge in [0.2, 0.25) is 5.76 Å². The molecule has 7 nitrogen and oxygen atoms in total. The van der Waals surface area contributed by atoms with E-state index in [-0.39, 0.29) is 11.7 Å². The first-order chi connectivity index (χ1) is 15.1. The number of aryl methyl sites for hydroxylation is 2. The van der Waals surface area contributed by atoms with Gasteiger partial charge in [0, 0.05) is 23.3 Å². The normalized spacial score (nSPS) is 16.5. The first-order valence-corrected chi connectivity index (χ1v) is 12.2. The molecule has 0 N–H and O–H groups in total. The second kappa shape index (κ2) is 8.64. The summed E-state index contributed by atoms with van der Waals surface area (Å²) in [7, 11) is 0. The van der Waals surface area contributed by atoms with Gasteiger partial charge in [-0.1, -0.05) is 23.8 Å². The maximum Gasteiger partial charge on any atom is 0.263 e. The van der Waals surface area contributed by atoms with E-state index >= 15 is 0 Å². The average molecular weight is 458 g/mol. The minimum absolute atomic E-state index is 0.0284. The second-order valence-corrected chi connectivity index (χ2v) is 9.71. The predicted octanol–water partition coefficient (Wildman–Crippen LogP) is 5.05. The van der Waals surface area contributed by atoms with E-state index in [1.165, 1.54) is 11.8 Å². The highest BCUT2D eigenvalue weighted by atomic mass is 32.2. The van der Waals surface area contributed by atoms with Gasteiger partial charge in [-0.15, -0.1) is 11.3 Å². The van der Waals surface area contributed by atoms with Crippen LogP contribution >= 0.6 is 23.1 Å². The molecule has 0 saturated carbocycles. The highest BCUT2D eigenvalue weighted by molar-refractivity contribution is 7.98. The van der Waals surface area contributed by atoms with Crippen LogP contribution in [0.15, 0.2) is 43.4 Å². The lowest BCUT2D eigenvalue weighted by molar-refractivity contribution is 0.0937. The lowest BCUT2D eigenvalue weighted by Crippen LogP contribution is -2.29. The number of hydrogen-bond acceptors (Lipinski definition) is 8. The molecule has 5 heterocycles. The van der Waals surface area contributed by atoms with E-state index in [0.29, 0.717) is 29.0 Å². The van der Waals surface area contributed by atoms with Gasteiger partial charge < -0.3 is 13.7 Å². The molecule has 4 aromatic heterocycles. The molecule has 0 amide bonds. The minimum Gasteiger partial charge on any atom is -0.461 e. The Hall–Kier alpha value is -2.36. The van der Waals surface area contributed by atoms with Gasteiger partial charge in [0.1, 0.15) is 4.83 Å². The molecule has 0 spiro atoms. The average Bonchev–Trinajstić information content (AvgIpc) is 3.55. The maximum atomic E-state index is 13.5. The first-order valence-electron chi connectivity index (χ1n) is 10.4. The Labute approximate surface area is 187 Å². The van der Waals surface area contributed by atoms with Crippen LogP contribution in [0.25, 0.3) is 21.7 Å². The van der Waals surface area contributed by atoms with Crippen molar-refractivity contribution >= 4 is 33.3 Å². The third-order valence-corrected chi connectivity index (χ3v) is 7.56. The Kier molecular flexibility index (Phi) is 5.73. The summed E-state index contributed by atoms with van der Waals surface area (Å²) >= 11 is 3.09. The zero-order chi connectivity index (χ0) is 21.4. The number of rotatable bonds is 7. The fourth-order valence-electron chi connectivity index (χ4n) is 3.97. The smallest absolute Gasteiger partial charge is 0.263 e. The van der Waals surface area contributed by atoms with Crippen LogP contribution in [0, 0.1) is 6.92 Å². The largest absolute Gasteiger partial charge is 0.461 e. The van der Waals surface area contributed by atoms with Gasteiger partial charge in [0.25, 0.3) is 5.56 Å². The number of aromatic nitrogens is 3. The molecule has 1 aliphatic heterocycles. The van der Waals surface area contributed by atoms with Gasteiger partial charge in [-0.05, 0) is 43.9 Å². The minimum atomic E-state index is 0.0284. The van der Waals surface area contributed by atoms with Crippen LogP contribution in [0.2, 0.25) is 0 Å². The van der Waals surface area contributed by atoms with Gasteiger partial charge in [-0.25, -0.2) is 4.98 Å². The van der Waals surface area contributed by atoms with Crippen molar-refractivity contribution in [3.8, 4) is 11.5 Å². The van der Waals surface area contributed by atoms with Crippen LogP contribution in [0.5, 0.6) is 0 Å². The van der Waals surface area contributed by atoms with Gasteiger partial charge >= 0.3 is 0 Å². The molecular formula is C22H23N3O4S2. The van der Waals surface area contributed by atoms with Crippen molar-refractivity contribution in [1.82, 2.24) is 14.7 Å². The number of thiophene rings is 1. The predicted molar refractivity (Wildman–Crippen MR) is 121 cm³/mol. The van der Waals surface area contributed by atoms with E-state index in [0.717, 1.165) is 52.2 Å². The van der Waals surface area contributed by atoms with Crippen LogP contribution in [0.4, 0.5) is 0 Å². The van der Waals surface area contributed by atoms with Crippen molar-refractivity contribution in [2.45, 2.75) is 56.7 Å². The Morgan fingerprint density at radius 3 is 3.00 bits per heavy atom. The molecule has 1 atom stereocenters. The van der Waals surface area contributed by atoms with Crippen molar-refractivity contribution in [3.63, 3.8) is 0 Å². The van der Waals surface area contributed by atoms with Crippen LogP contribution in [-0.2, 0) is 23.5 Å². The molecule has 0 aromatic carbocycles. The molecule has 5 rings (SSSR count). The molecule has 0 radical (unpaired) electrons. The third kappa shape index (κ3) is 3.97. The molecule has 31 heavy (non-hydrogen) atoms. The third-order valence-electron chi connectivity index (χ3n) is 5.51. The van der Waals surface area contributed by atoms with Crippen molar-refractivity contribution in [2.75, 3.05) is 6.61 Å². The van der Waals surface area contributed by atoms with Gasteiger partial charge in [0.05, 0.1) is 30.0 Å². The van der Waals surface area contributed by atoms with E-state index in [9.17, 15) is 4.79 Å². The maximum absolute atomic E-state index is 13.5. The first kappa shape index (κ1) is 20.5. The number of furan rings is 1. The monoisotopic (exact) mass is 457 g/mol. The highest BCUT2D eigenvalue weighted by Gasteiger charge is 2.23. The topological polar surface area (TPSA) is 83.3 Å². The van der Waals surface area contributed by atoms with E-state index in [4.69, 9.17) is 18.7 Å². The van der Waals surface area contributed by atoms with Gasteiger partial charge in [-0.2, -0.15) is 0 Å². The summed E-state index contributed by atoms with van der Waals surface area (Å²) in [5.74, 6) is 1.76. The lowest BCUT2D eigenvalue weighted by Gasteiger charge is -2.15. The molecule has 0 aliphatic carbocycles. The number of ether oxygens (including phenoxy) is 1. The Bertz CT molecular complexity index is 1250. The fraction of sp³-hybridized carbons (Fsp3) is 0.409. The summed E-state index contributed by atoms with van der Waals surface area (Å²) in [6, 6.07) is 5.50. The second-order valence-electron chi connectivity index (χ2n) is 7.56. The van der Waals surface area contributed by atoms with Crippen molar-refractivity contribution < 1.29 is 13.7 Å². The van der Waals surface area contributed by atoms with Crippen molar-refractivity contribution in [3.05, 3.63) is 51.0 Å². The Morgan fingerprint density at radius 2 is 2.26 bits per heavy atom. The number of fused-ring (bicyclic) bond motifs is 1. The summed E-state index contributed by atoms with van der Waals surface area (Å²) in [6.45, 7) is 5.43. The van der Waals surface area contributed by atoms with Crippen LogP contribution in [-0.4, -0.2) is 27.4 Å². The van der Waals surface area contributed by atoms with Crippen LogP contribution in [0.3, 0.4) is 0 Å². The zero-order valence-electron chi connectivity index (χ0n) is 17.4. The number of nitrogens with zero attached hydrogens (tertiary/aromatic N) is 3. The zero-order valence-corrected chi connectivity index (χ0v) is 19.1. The fourth-order valence-corrected chi connectivity index (χ4v) is 6.02. The highest BCUT2D eigenvalue weighted by Crippen LogP contribution is 2.31. The number of thioether (sulfide) groups is 1. The van der Waals surface area contributed by atoms with Crippen molar-refractivity contribution in [1.29, 1.82) is 0 Å². The van der Waals surface area contributed by atoms with Gasteiger partial charge in [0.15, 0.2) is 10.9 Å². The molecule has 1 saturated heterocycles. The summed E-state index contributed by atoms with van der Waals surface area (Å²) < 4.78 is 18.4. The molecule has 1 aliphatic rings. The lowest BCUT2D eigenvalue weighted by atomic mass is 10.1. The van der Waals surface area contributed by atoms with E-state index < -0.39 is 0 Å². The summed E-state index contributed by atoms with van der Waals surface area (Å²) in [4.78, 5) is 20.4. The molecule has 0 unspecified atom stereocenters. The SMILES string of the molecule is CCc1c(C)sc2nc(SCc3cc(-c4ccco4)on3)n(C[C@@H]3CCCO3)c(=O)c12. The summed E-state index contributed by atoms with van der Waals surface area (Å²) in [5.41, 5.74) is 1.90. The molecule has 1 fully saturated rings. The van der Waals surface area contributed by atoms with E-state index in [1.807, 2.05) is 18.2 Å². The van der Waals surface area contributed by atoms with E-state index in [2.05, 4.69) is 19.0 Å². The molecule has 9 heteroatoms. The number of hydrogen-bond donors (Lipinski definition) is 0. The molecule has 4 aromatic rings. The van der Waals surface area contributed by atoms with Crippen molar-refractivity contribution in [2.24, 2.45) is 0 Å². The van der Waals surface area contributed by atoms with Crippen LogP contribution < -0.4 is 5.56 Å². The van der Waals surface area contributed by atoms with Crippen LogP contribution in [0.1, 0.15) is 35.9 Å². The molecule has 162 valence electrons. The quantitative estimate of drug-likeness (QED) is 0.284. The van der Waals surface area contributed by atoms with E-state index in [1.54, 1.807) is 22.2 Å². The molecular weight excluding hydrogens is 434 g/mol. The molecule has 0 bridgehead atoms. The summed E-state index contributed by atoms with van der Waals surface area (Å²) in [6.07, 6.45) is 4.47.